The van der Waals surface area contributed by atoms with Crippen LogP contribution in [0.25, 0.3) is 5.57 Å². The zero-order valence-corrected chi connectivity index (χ0v) is 8.70. The van der Waals surface area contributed by atoms with Crippen LogP contribution in [-0.2, 0) is 9.53 Å². The molecule has 0 unspecified atom stereocenters. The first-order valence-electron chi connectivity index (χ1n) is 4.47. The Balaban J connectivity index is 2.89. The summed E-state index contributed by atoms with van der Waals surface area (Å²) in [5, 5.41) is 0. The molecule has 0 spiro atoms. The Hall–Kier alpha value is -1.57. The van der Waals surface area contributed by atoms with Crippen molar-refractivity contribution in [2.24, 2.45) is 0 Å². The van der Waals surface area contributed by atoms with E-state index in [1.54, 1.807) is 0 Å². The molecule has 0 saturated heterocycles. The maximum Gasteiger partial charge on any atom is 0.330 e. The number of ether oxygens (including phenoxy) is 1. The molecule has 1 rings (SSSR count). The number of carbonyl (C=O) groups is 1. The van der Waals surface area contributed by atoms with E-state index in [1.165, 1.54) is 18.7 Å². The third-order valence-electron chi connectivity index (χ3n) is 2.04. The number of methoxy groups -OCH3 is 1. The van der Waals surface area contributed by atoms with Gasteiger partial charge in [-0.3, -0.25) is 0 Å². The fraction of sp³-hybridized carbons (Fsp3) is 0.250. The van der Waals surface area contributed by atoms with Gasteiger partial charge in [-0.25, -0.2) is 4.79 Å². The summed E-state index contributed by atoms with van der Waals surface area (Å²) < 4.78 is 4.55. The standard InChI is InChI=1S/C12H14O2/c1-9-4-6-11(7-5-9)10(2)8-12(13)14-3/h4-8H,1-3H3. The molecule has 74 valence electrons. The molecule has 0 aliphatic rings. The maximum absolute atomic E-state index is 11.0. The summed E-state index contributed by atoms with van der Waals surface area (Å²) in [6.07, 6.45) is 1.49. The Labute approximate surface area is 84.2 Å². The SMILES string of the molecule is COC(=O)C=C(C)c1ccc(C)cc1. The number of hydrogen-bond donors (Lipinski definition) is 0. The zero-order valence-electron chi connectivity index (χ0n) is 8.70. The molecule has 0 radical (unpaired) electrons. The highest BCUT2D eigenvalue weighted by Crippen LogP contribution is 2.14. The van der Waals surface area contributed by atoms with Gasteiger partial charge in [0.1, 0.15) is 0 Å². The number of rotatable bonds is 2. The number of hydrogen-bond acceptors (Lipinski definition) is 2. The molecule has 1 aromatic rings. The molecule has 0 aromatic heterocycles. The average Bonchev–Trinajstić information content (AvgIpc) is 2.18. The van der Waals surface area contributed by atoms with Crippen molar-refractivity contribution < 1.29 is 9.53 Å². The summed E-state index contributed by atoms with van der Waals surface area (Å²) in [5.41, 5.74) is 3.16. The van der Waals surface area contributed by atoms with Crippen molar-refractivity contribution in [3.05, 3.63) is 41.5 Å². The Morgan fingerprint density at radius 3 is 2.36 bits per heavy atom. The fourth-order valence-electron chi connectivity index (χ4n) is 1.14. The lowest BCUT2D eigenvalue weighted by Crippen LogP contribution is -1.95. The van der Waals surface area contributed by atoms with Crippen molar-refractivity contribution in [2.75, 3.05) is 7.11 Å². The predicted octanol–water partition coefficient (Wildman–Crippen LogP) is 2.57. The first-order chi connectivity index (χ1) is 6.63. The van der Waals surface area contributed by atoms with E-state index in [4.69, 9.17) is 0 Å². The number of carbonyl (C=O) groups excluding carboxylic acids is 1. The molecule has 0 amide bonds. The molecule has 2 heteroatoms. The molecular weight excluding hydrogens is 176 g/mol. The predicted molar refractivity (Wildman–Crippen MR) is 56.8 cm³/mol. The van der Waals surface area contributed by atoms with Crippen LogP contribution in [0.3, 0.4) is 0 Å². The van der Waals surface area contributed by atoms with Crippen molar-refractivity contribution in [3.8, 4) is 0 Å². The van der Waals surface area contributed by atoms with Gasteiger partial charge in [-0.1, -0.05) is 29.8 Å². The normalized spacial score (nSPS) is 11.2. The molecule has 0 bridgehead atoms. The van der Waals surface area contributed by atoms with Crippen molar-refractivity contribution >= 4 is 11.5 Å². The number of aryl methyl sites for hydroxylation is 1. The van der Waals surface area contributed by atoms with Gasteiger partial charge < -0.3 is 4.74 Å². The Bertz CT molecular complexity index is 347. The van der Waals surface area contributed by atoms with Crippen LogP contribution in [0.5, 0.6) is 0 Å². The van der Waals surface area contributed by atoms with E-state index >= 15 is 0 Å². The lowest BCUT2D eigenvalue weighted by atomic mass is 10.1. The van der Waals surface area contributed by atoms with Crippen LogP contribution in [0, 0.1) is 6.92 Å². The van der Waals surface area contributed by atoms with Crippen LogP contribution in [-0.4, -0.2) is 13.1 Å². The van der Waals surface area contributed by atoms with Gasteiger partial charge in [0.2, 0.25) is 0 Å². The van der Waals surface area contributed by atoms with Gasteiger partial charge >= 0.3 is 5.97 Å². The summed E-state index contributed by atoms with van der Waals surface area (Å²) in [7, 11) is 1.38. The van der Waals surface area contributed by atoms with Gasteiger partial charge in [0.15, 0.2) is 0 Å². The highest BCUT2D eigenvalue weighted by atomic mass is 16.5. The monoisotopic (exact) mass is 190 g/mol. The zero-order chi connectivity index (χ0) is 10.6. The third-order valence-corrected chi connectivity index (χ3v) is 2.04. The van der Waals surface area contributed by atoms with Crippen LogP contribution in [0.15, 0.2) is 30.3 Å². The molecule has 0 atom stereocenters. The second kappa shape index (κ2) is 4.61. The van der Waals surface area contributed by atoms with Gasteiger partial charge in [0.05, 0.1) is 7.11 Å². The molecule has 0 N–H and O–H groups in total. The quantitative estimate of drug-likeness (QED) is 0.529. The van der Waals surface area contributed by atoms with Crippen LogP contribution in [0.2, 0.25) is 0 Å². The van der Waals surface area contributed by atoms with E-state index in [1.807, 2.05) is 38.1 Å². The van der Waals surface area contributed by atoms with Crippen LogP contribution in [0.4, 0.5) is 0 Å². The minimum Gasteiger partial charge on any atom is -0.466 e. The maximum atomic E-state index is 11.0. The first-order valence-corrected chi connectivity index (χ1v) is 4.47. The van der Waals surface area contributed by atoms with Crippen LogP contribution < -0.4 is 0 Å². The summed E-state index contributed by atoms with van der Waals surface area (Å²) in [6, 6.07) is 8.02. The van der Waals surface area contributed by atoms with E-state index in [-0.39, 0.29) is 5.97 Å². The number of allylic oxidation sites excluding steroid dienone is 1. The van der Waals surface area contributed by atoms with Crippen molar-refractivity contribution in [1.29, 1.82) is 0 Å². The fourth-order valence-corrected chi connectivity index (χ4v) is 1.14. The minimum atomic E-state index is -0.317. The topological polar surface area (TPSA) is 26.3 Å². The Morgan fingerprint density at radius 2 is 1.86 bits per heavy atom. The van der Waals surface area contributed by atoms with Crippen molar-refractivity contribution in [2.45, 2.75) is 13.8 Å². The highest BCUT2D eigenvalue weighted by molar-refractivity contribution is 5.90. The smallest absolute Gasteiger partial charge is 0.330 e. The number of benzene rings is 1. The van der Waals surface area contributed by atoms with Crippen molar-refractivity contribution in [1.82, 2.24) is 0 Å². The van der Waals surface area contributed by atoms with Crippen LogP contribution in [0.1, 0.15) is 18.1 Å². The summed E-state index contributed by atoms with van der Waals surface area (Å²) in [5.74, 6) is -0.317. The molecule has 0 aliphatic heterocycles. The molecule has 0 fully saturated rings. The second-order valence-corrected chi connectivity index (χ2v) is 3.22. The molecular formula is C12H14O2. The van der Waals surface area contributed by atoms with E-state index in [0.29, 0.717) is 0 Å². The molecule has 14 heavy (non-hydrogen) atoms. The summed E-state index contributed by atoms with van der Waals surface area (Å²) >= 11 is 0. The van der Waals surface area contributed by atoms with E-state index in [9.17, 15) is 4.79 Å². The average molecular weight is 190 g/mol. The molecule has 0 saturated carbocycles. The van der Waals surface area contributed by atoms with Gasteiger partial charge in [-0.05, 0) is 25.0 Å². The van der Waals surface area contributed by atoms with E-state index < -0.39 is 0 Å². The lowest BCUT2D eigenvalue weighted by Gasteiger charge is -2.01. The highest BCUT2D eigenvalue weighted by Gasteiger charge is 1.99. The number of esters is 1. The molecule has 0 heterocycles. The summed E-state index contributed by atoms with van der Waals surface area (Å²) in [6.45, 7) is 3.92. The molecule has 0 aliphatic carbocycles. The minimum absolute atomic E-state index is 0.317. The van der Waals surface area contributed by atoms with Gasteiger partial charge in [0.25, 0.3) is 0 Å². The van der Waals surface area contributed by atoms with Crippen LogP contribution >= 0.6 is 0 Å². The van der Waals surface area contributed by atoms with Gasteiger partial charge in [0, 0.05) is 6.08 Å². The molecule has 2 nitrogen and oxygen atoms in total. The second-order valence-electron chi connectivity index (χ2n) is 3.22. The first kappa shape index (κ1) is 10.5. The van der Waals surface area contributed by atoms with Gasteiger partial charge in [-0.15, -0.1) is 0 Å². The third kappa shape index (κ3) is 2.73. The summed E-state index contributed by atoms with van der Waals surface area (Å²) in [4.78, 5) is 11.0. The largest absolute Gasteiger partial charge is 0.466 e. The lowest BCUT2D eigenvalue weighted by molar-refractivity contribution is -0.134. The van der Waals surface area contributed by atoms with Crippen molar-refractivity contribution in [3.63, 3.8) is 0 Å². The van der Waals surface area contributed by atoms with E-state index in [0.717, 1.165) is 11.1 Å². The van der Waals surface area contributed by atoms with E-state index in [2.05, 4.69) is 4.74 Å². The molecule has 1 aromatic carbocycles. The Kier molecular flexibility index (Phi) is 3.46. The Morgan fingerprint density at radius 1 is 1.29 bits per heavy atom. The van der Waals surface area contributed by atoms with Gasteiger partial charge in [-0.2, -0.15) is 0 Å².